The molecule has 2 N–H and O–H groups in total. The number of esters is 3. The maximum absolute atomic E-state index is 15.4. The number of carbonyl (C=O) groups excluding carboxylic acids is 5. The van der Waals surface area contributed by atoms with E-state index in [-0.39, 0.29) is 44.2 Å². The molecule has 3 saturated carbocycles. The van der Waals surface area contributed by atoms with Crippen LogP contribution in [-0.4, -0.2) is 125 Å². The van der Waals surface area contributed by atoms with Gasteiger partial charge in [-0.05, 0) is 82.9 Å². The van der Waals surface area contributed by atoms with Crippen molar-refractivity contribution in [3.8, 4) is 0 Å². The number of likely N-dealkylation sites (tertiary alicyclic amines) is 1. The summed E-state index contributed by atoms with van der Waals surface area (Å²) in [7, 11) is 0. The molecular weight excluding hydrogens is 795 g/mol. The van der Waals surface area contributed by atoms with Crippen molar-refractivity contribution >= 4 is 35.8 Å². The zero-order valence-corrected chi connectivity index (χ0v) is 33.8. The van der Waals surface area contributed by atoms with Crippen LogP contribution >= 0.6 is 0 Å². The molecule has 3 aliphatic carbocycles. The van der Waals surface area contributed by atoms with Crippen LogP contribution in [0.4, 0.5) is 13.2 Å². The number of alkyl halides is 3. The summed E-state index contributed by atoms with van der Waals surface area (Å²) in [5, 5.41) is 14.4. The number of nitrogens with zero attached hydrogens (tertiary/aromatic N) is 2. The molecule has 18 heteroatoms. The van der Waals surface area contributed by atoms with Gasteiger partial charge in [-0.1, -0.05) is 24.3 Å². The summed E-state index contributed by atoms with van der Waals surface area (Å²) in [5.74, 6) is -3.85. The van der Waals surface area contributed by atoms with E-state index >= 15 is 4.79 Å². The van der Waals surface area contributed by atoms with Gasteiger partial charge in [0.2, 0.25) is 11.8 Å². The predicted octanol–water partition coefficient (Wildman–Crippen LogP) is 3.50. The van der Waals surface area contributed by atoms with E-state index in [0.29, 0.717) is 24.0 Å². The molecule has 1 aromatic rings. The number of aliphatic hydroxyl groups is 1. The first-order valence-electron chi connectivity index (χ1n) is 20.8. The summed E-state index contributed by atoms with van der Waals surface area (Å²) < 4.78 is 67.2. The third-order valence-electron chi connectivity index (χ3n) is 12.5. The van der Waals surface area contributed by atoms with Crippen LogP contribution < -0.4 is 5.32 Å². The molecule has 8 rings (SSSR count). The highest BCUT2D eigenvalue weighted by molar-refractivity contribution is 5.96. The molecule has 8 atom stereocenters. The monoisotopic (exact) mass is 847 g/mol. The van der Waals surface area contributed by atoms with Gasteiger partial charge in [0, 0.05) is 37.3 Å². The predicted molar refractivity (Wildman–Crippen MR) is 200 cm³/mol. The second kappa shape index (κ2) is 16.0. The third kappa shape index (κ3) is 8.41. The highest BCUT2D eigenvalue weighted by Gasteiger charge is 2.78. The number of hydrogen-bond donors (Lipinski definition) is 2. The van der Waals surface area contributed by atoms with E-state index in [9.17, 15) is 37.5 Å². The number of aliphatic hydroxyl groups excluding tert-OH is 1. The van der Waals surface area contributed by atoms with Crippen LogP contribution in [0.25, 0.3) is 6.08 Å². The first-order valence-corrected chi connectivity index (χ1v) is 20.8. The summed E-state index contributed by atoms with van der Waals surface area (Å²) >= 11 is 0. The Kier molecular flexibility index (Phi) is 11.3. The maximum Gasteiger partial charge on any atom is 0.422 e. The minimum atomic E-state index is -4.67. The first-order chi connectivity index (χ1) is 28.4. The van der Waals surface area contributed by atoms with Gasteiger partial charge in [-0.2, -0.15) is 18.2 Å². The van der Waals surface area contributed by atoms with Gasteiger partial charge in [-0.15, -0.1) is 0 Å². The van der Waals surface area contributed by atoms with E-state index in [1.165, 1.54) is 16.0 Å². The fourth-order valence-electron chi connectivity index (χ4n) is 9.73. The number of fused-ring (bicyclic) bond motifs is 4. The summed E-state index contributed by atoms with van der Waals surface area (Å²) in [6.07, 6.45) is -1.14. The number of halogens is 3. The maximum atomic E-state index is 15.4. The summed E-state index contributed by atoms with van der Waals surface area (Å²) in [4.78, 5) is 76.3. The van der Waals surface area contributed by atoms with Crippen molar-refractivity contribution in [2.24, 2.45) is 17.3 Å². The average Bonchev–Trinajstić information content (AvgIpc) is 4.10. The number of carbonyl (C=O) groups is 5. The van der Waals surface area contributed by atoms with Crippen molar-refractivity contribution in [1.29, 1.82) is 0 Å². The SMILES string of the molecule is CC(C)(C)OC(=O)CCC(CO)NC(=O)C1CCCN1C(=O)C12CC3OC(=O)C1N(Cc1cccc(C=CC(=O)OCC(F)(F)F)c1)OC2C1OC(C2CC2)(C2CC2)OC31. The fraction of sp³-hybridized carbons (Fsp3) is 0.690. The van der Waals surface area contributed by atoms with Gasteiger partial charge < -0.3 is 39.0 Å². The van der Waals surface area contributed by atoms with Crippen molar-refractivity contribution in [2.45, 2.75) is 145 Å². The zero-order chi connectivity index (χ0) is 42.8. The van der Waals surface area contributed by atoms with E-state index in [1.54, 1.807) is 45.0 Å². The van der Waals surface area contributed by atoms with Gasteiger partial charge in [-0.25, -0.2) is 4.79 Å². The zero-order valence-electron chi connectivity index (χ0n) is 33.8. The minimum Gasteiger partial charge on any atom is -0.460 e. The van der Waals surface area contributed by atoms with Crippen LogP contribution in [0.1, 0.15) is 89.7 Å². The minimum absolute atomic E-state index is 0.0372. The van der Waals surface area contributed by atoms with Crippen LogP contribution in [0.2, 0.25) is 0 Å². The average molecular weight is 848 g/mol. The number of hydroxylamine groups is 2. The van der Waals surface area contributed by atoms with Crippen molar-refractivity contribution in [2.75, 3.05) is 19.8 Å². The Balaban J connectivity index is 1.06. The van der Waals surface area contributed by atoms with Crippen molar-refractivity contribution in [3.63, 3.8) is 0 Å². The molecule has 2 bridgehead atoms. The van der Waals surface area contributed by atoms with E-state index in [2.05, 4.69) is 10.1 Å². The smallest absolute Gasteiger partial charge is 0.422 e. The van der Waals surface area contributed by atoms with Gasteiger partial charge in [0.25, 0.3) is 0 Å². The molecule has 7 aliphatic rings. The van der Waals surface area contributed by atoms with Crippen LogP contribution in [0.5, 0.6) is 0 Å². The summed E-state index contributed by atoms with van der Waals surface area (Å²) in [6, 6.07) is 3.72. The lowest BCUT2D eigenvalue weighted by molar-refractivity contribution is -0.235. The molecule has 7 fully saturated rings. The number of benzene rings is 1. The lowest BCUT2D eigenvalue weighted by Crippen LogP contribution is -2.70. The fourth-order valence-corrected chi connectivity index (χ4v) is 9.73. The normalized spacial score (nSPS) is 31.4. The molecule has 15 nitrogen and oxygen atoms in total. The van der Waals surface area contributed by atoms with Crippen LogP contribution in [-0.2, 0) is 59.0 Å². The molecule has 2 amide bonds. The highest BCUT2D eigenvalue weighted by Crippen LogP contribution is 2.64. The Morgan fingerprint density at radius 3 is 2.43 bits per heavy atom. The topological polar surface area (TPSA) is 179 Å². The van der Waals surface area contributed by atoms with Gasteiger partial charge in [0.1, 0.15) is 41.5 Å². The number of hydrogen-bond acceptors (Lipinski definition) is 13. The lowest BCUT2D eigenvalue weighted by atomic mass is 9.62. The Bertz CT molecular complexity index is 1880. The molecule has 4 saturated heterocycles. The molecule has 0 radical (unpaired) electrons. The van der Waals surface area contributed by atoms with Crippen LogP contribution in [0.3, 0.4) is 0 Å². The van der Waals surface area contributed by atoms with Crippen LogP contribution in [0.15, 0.2) is 30.3 Å². The summed E-state index contributed by atoms with van der Waals surface area (Å²) in [5.41, 5.74) is -1.21. The van der Waals surface area contributed by atoms with E-state index < -0.39 is 108 Å². The second-order valence-electron chi connectivity index (χ2n) is 18.1. The molecular formula is C42H52F3N3O12. The molecule has 328 valence electrons. The van der Waals surface area contributed by atoms with Crippen molar-refractivity contribution < 1.29 is 70.8 Å². The molecule has 4 aliphatic heterocycles. The number of nitrogens with one attached hydrogen (secondary N) is 1. The number of ether oxygens (including phenoxy) is 5. The van der Waals surface area contributed by atoms with Gasteiger partial charge in [0.05, 0.1) is 19.2 Å². The summed E-state index contributed by atoms with van der Waals surface area (Å²) in [6.45, 7) is 3.26. The molecule has 0 spiro atoms. The molecule has 0 aromatic heterocycles. The Labute approximate surface area is 345 Å². The molecule has 8 unspecified atom stereocenters. The van der Waals surface area contributed by atoms with E-state index in [0.717, 1.165) is 31.8 Å². The number of amides is 2. The largest absolute Gasteiger partial charge is 0.460 e. The molecule has 60 heavy (non-hydrogen) atoms. The Hall–Kier alpha value is -4.10. The second-order valence-corrected chi connectivity index (χ2v) is 18.1. The molecule has 4 heterocycles. The third-order valence-corrected chi connectivity index (χ3v) is 12.5. The van der Waals surface area contributed by atoms with Gasteiger partial charge in [-0.3, -0.25) is 24.0 Å². The van der Waals surface area contributed by atoms with Crippen molar-refractivity contribution in [1.82, 2.24) is 15.3 Å². The standard InChI is InChI=1S/C42H52F3N3O12/c1-39(2,3)57-31(51)16-14-27(21-49)46-36(52)28-8-5-17-47(28)38(54)40-19-29-32-33(59-42(58-32,25-10-11-25)26-12-13-26)35(40)60-48(34(40)37(53)56-29)20-24-7-4-6-23(18-24)9-15-30(50)55-22-41(43,44)45/h4,6-7,9,15,18,25-29,32-35,49H,5,8,10-14,16-17,19-22H2,1-3H3,(H,46,52). The van der Waals surface area contributed by atoms with Crippen molar-refractivity contribution in [3.05, 3.63) is 41.5 Å². The Morgan fingerprint density at radius 2 is 1.77 bits per heavy atom. The van der Waals surface area contributed by atoms with Crippen LogP contribution in [0, 0.1) is 17.3 Å². The van der Waals surface area contributed by atoms with E-state index in [4.69, 9.17) is 23.8 Å². The quantitative estimate of drug-likeness (QED) is 0.158. The van der Waals surface area contributed by atoms with E-state index in [1.807, 2.05) is 0 Å². The van der Waals surface area contributed by atoms with Gasteiger partial charge in [0.15, 0.2) is 18.4 Å². The highest BCUT2D eigenvalue weighted by atomic mass is 19.4. The number of rotatable bonds is 14. The van der Waals surface area contributed by atoms with Gasteiger partial charge >= 0.3 is 24.1 Å². The Morgan fingerprint density at radius 1 is 1.05 bits per heavy atom. The molecule has 1 aromatic carbocycles. The lowest BCUT2D eigenvalue weighted by Gasteiger charge is -2.50. The first kappa shape index (κ1) is 42.6.